The molecule has 0 bridgehead atoms. The summed E-state index contributed by atoms with van der Waals surface area (Å²) in [7, 11) is 1.57. The van der Waals surface area contributed by atoms with E-state index in [1.165, 1.54) is 0 Å². The van der Waals surface area contributed by atoms with Gasteiger partial charge in [-0.25, -0.2) is 0 Å². The molecule has 7 nitrogen and oxygen atoms in total. The van der Waals surface area contributed by atoms with E-state index in [4.69, 9.17) is 4.74 Å². The van der Waals surface area contributed by atoms with Crippen LogP contribution in [0.1, 0.15) is 36.6 Å². The summed E-state index contributed by atoms with van der Waals surface area (Å²) in [5.74, 6) is -0.815. The van der Waals surface area contributed by atoms with Gasteiger partial charge in [0.1, 0.15) is 11.5 Å². The lowest BCUT2D eigenvalue weighted by Gasteiger charge is -2.28. The Morgan fingerprint density at radius 1 is 1.23 bits per heavy atom. The molecule has 2 aromatic rings. The van der Waals surface area contributed by atoms with Crippen molar-refractivity contribution in [2.75, 3.05) is 33.3 Å². The average Bonchev–Trinajstić information content (AvgIpc) is 3.04. The lowest BCUT2D eigenvalue weighted by Crippen LogP contribution is -2.38. The van der Waals surface area contributed by atoms with Gasteiger partial charge in [-0.2, -0.15) is 0 Å². The molecule has 0 spiro atoms. The number of aryl methyl sites for hydroxylation is 1. The Morgan fingerprint density at radius 3 is 2.55 bits per heavy atom. The first-order valence-corrected chi connectivity index (χ1v) is 10.5. The Morgan fingerprint density at radius 2 is 1.97 bits per heavy atom. The third-order valence-electron chi connectivity index (χ3n) is 5.78. The van der Waals surface area contributed by atoms with Crippen molar-refractivity contribution in [2.45, 2.75) is 26.8 Å². The van der Waals surface area contributed by atoms with Crippen LogP contribution in [0.25, 0.3) is 5.76 Å². The van der Waals surface area contributed by atoms with E-state index >= 15 is 0 Å². The van der Waals surface area contributed by atoms with E-state index in [0.717, 1.165) is 18.7 Å². The highest BCUT2D eigenvalue weighted by atomic mass is 16.5. The molecule has 7 heteroatoms. The maximum Gasteiger partial charge on any atom is 0.295 e. The summed E-state index contributed by atoms with van der Waals surface area (Å²) in [4.78, 5) is 33.9. The van der Waals surface area contributed by atoms with Crippen molar-refractivity contribution in [2.24, 2.45) is 0 Å². The third kappa shape index (κ3) is 4.46. The monoisotopic (exact) mass is 423 g/mol. The van der Waals surface area contributed by atoms with Crippen LogP contribution in [0.4, 0.5) is 0 Å². The number of pyridine rings is 1. The zero-order chi connectivity index (χ0) is 22.5. The molecular formula is C24H29N3O4. The van der Waals surface area contributed by atoms with Crippen LogP contribution in [-0.2, 0) is 9.59 Å². The Labute approximate surface area is 183 Å². The van der Waals surface area contributed by atoms with Crippen LogP contribution in [0.15, 0.2) is 48.3 Å². The van der Waals surface area contributed by atoms with Crippen LogP contribution >= 0.6 is 0 Å². The number of ketones is 1. The van der Waals surface area contributed by atoms with Gasteiger partial charge in [-0.05, 0) is 55.4 Å². The fraction of sp³-hybridized carbons (Fsp3) is 0.375. The number of likely N-dealkylation sites (tertiary alicyclic amines) is 1. The van der Waals surface area contributed by atoms with Gasteiger partial charge in [0.25, 0.3) is 11.7 Å². The van der Waals surface area contributed by atoms with Gasteiger partial charge in [0, 0.05) is 31.0 Å². The van der Waals surface area contributed by atoms with E-state index in [-0.39, 0.29) is 11.3 Å². The number of carbonyl (C=O) groups excluding carboxylic acids is 2. The predicted molar refractivity (Wildman–Crippen MR) is 119 cm³/mol. The number of likely N-dealkylation sites (N-methyl/N-ethyl adjacent to an activating group) is 1. The minimum Gasteiger partial charge on any atom is -0.507 e. The van der Waals surface area contributed by atoms with Gasteiger partial charge >= 0.3 is 0 Å². The smallest absolute Gasteiger partial charge is 0.295 e. The maximum atomic E-state index is 13.1. The summed E-state index contributed by atoms with van der Waals surface area (Å²) in [5, 5.41) is 11.2. The van der Waals surface area contributed by atoms with Crippen molar-refractivity contribution in [1.29, 1.82) is 0 Å². The van der Waals surface area contributed by atoms with Crippen LogP contribution in [0, 0.1) is 6.92 Å². The van der Waals surface area contributed by atoms with Crippen LogP contribution in [0.2, 0.25) is 0 Å². The summed E-state index contributed by atoms with van der Waals surface area (Å²) in [5.41, 5.74) is 2.02. The van der Waals surface area contributed by atoms with Gasteiger partial charge in [0.15, 0.2) is 0 Å². The maximum absolute atomic E-state index is 13.1. The molecule has 0 aliphatic carbocycles. The van der Waals surface area contributed by atoms with Gasteiger partial charge in [0.05, 0.1) is 18.7 Å². The number of benzene rings is 1. The molecular weight excluding hydrogens is 394 g/mol. The fourth-order valence-corrected chi connectivity index (χ4v) is 3.96. The number of amides is 1. The zero-order valence-electron chi connectivity index (χ0n) is 18.5. The minimum absolute atomic E-state index is 0.0887. The second-order valence-corrected chi connectivity index (χ2v) is 7.49. The number of methoxy groups -OCH3 is 1. The molecule has 1 fully saturated rings. The van der Waals surface area contributed by atoms with E-state index in [9.17, 15) is 14.7 Å². The number of aliphatic hydroxyl groups excluding tert-OH is 1. The molecule has 1 aliphatic heterocycles. The number of rotatable bonds is 8. The first-order chi connectivity index (χ1) is 14.9. The highest BCUT2D eigenvalue weighted by Gasteiger charge is 2.46. The molecule has 2 heterocycles. The molecule has 1 atom stereocenters. The SMILES string of the molecule is CCN(CC)CCN1C(=O)C(=O)/C(=C(/O)c2ccc(OC)cc2C)C1c1cccnc1. The number of nitrogens with zero attached hydrogens (tertiary/aromatic N) is 3. The molecule has 164 valence electrons. The molecule has 1 aromatic heterocycles. The Hall–Kier alpha value is -3.19. The van der Waals surface area contributed by atoms with Crippen molar-refractivity contribution < 1.29 is 19.4 Å². The molecule has 31 heavy (non-hydrogen) atoms. The molecule has 1 saturated heterocycles. The molecule has 0 radical (unpaired) electrons. The average molecular weight is 424 g/mol. The summed E-state index contributed by atoms with van der Waals surface area (Å²) in [6.07, 6.45) is 3.27. The van der Waals surface area contributed by atoms with Crippen molar-refractivity contribution >= 4 is 17.4 Å². The molecule has 1 amide bonds. The second kappa shape index (κ2) is 9.75. The quantitative estimate of drug-likeness (QED) is 0.399. The molecule has 1 N–H and O–H groups in total. The molecule has 1 unspecified atom stereocenters. The number of Topliss-reactive ketones (excluding diaryl/α,β-unsaturated/α-hetero) is 1. The Balaban J connectivity index is 2.10. The van der Waals surface area contributed by atoms with Crippen molar-refractivity contribution in [3.63, 3.8) is 0 Å². The van der Waals surface area contributed by atoms with Gasteiger partial charge in [-0.15, -0.1) is 0 Å². The van der Waals surface area contributed by atoms with Crippen LogP contribution < -0.4 is 4.74 Å². The van der Waals surface area contributed by atoms with E-state index in [2.05, 4.69) is 23.7 Å². The molecule has 3 rings (SSSR count). The Kier molecular flexibility index (Phi) is 7.07. The van der Waals surface area contributed by atoms with Crippen molar-refractivity contribution in [3.05, 3.63) is 65.0 Å². The predicted octanol–water partition coefficient (Wildman–Crippen LogP) is 3.16. The summed E-state index contributed by atoms with van der Waals surface area (Å²) in [6, 6.07) is 8.10. The van der Waals surface area contributed by atoms with Crippen molar-refractivity contribution in [1.82, 2.24) is 14.8 Å². The van der Waals surface area contributed by atoms with Crippen LogP contribution in [0.5, 0.6) is 5.75 Å². The first kappa shape index (κ1) is 22.5. The third-order valence-corrected chi connectivity index (χ3v) is 5.78. The highest BCUT2D eigenvalue weighted by Crippen LogP contribution is 2.39. The van der Waals surface area contributed by atoms with Crippen molar-refractivity contribution in [3.8, 4) is 5.75 Å². The standard InChI is InChI=1S/C24H29N3O4/c1-5-26(6-2)12-13-27-21(17-8-7-11-25-15-17)20(23(29)24(27)30)22(28)19-10-9-18(31-4)14-16(19)3/h7-11,14-15,21,28H,5-6,12-13H2,1-4H3/b22-20+. The molecule has 1 aromatic carbocycles. The number of carbonyl (C=O) groups is 2. The Bertz CT molecular complexity index is 984. The van der Waals surface area contributed by atoms with Gasteiger partial charge < -0.3 is 19.6 Å². The first-order valence-electron chi connectivity index (χ1n) is 10.5. The van der Waals surface area contributed by atoms with Crippen LogP contribution in [-0.4, -0.2) is 64.9 Å². The summed E-state index contributed by atoms with van der Waals surface area (Å²) in [6.45, 7) is 8.66. The largest absolute Gasteiger partial charge is 0.507 e. The molecule has 1 aliphatic rings. The zero-order valence-corrected chi connectivity index (χ0v) is 18.5. The lowest BCUT2D eigenvalue weighted by molar-refractivity contribution is -0.140. The second-order valence-electron chi connectivity index (χ2n) is 7.49. The van der Waals surface area contributed by atoms with E-state index in [1.54, 1.807) is 48.7 Å². The number of hydrogen-bond acceptors (Lipinski definition) is 6. The number of ether oxygens (including phenoxy) is 1. The van der Waals surface area contributed by atoms with Crippen LogP contribution in [0.3, 0.4) is 0 Å². The van der Waals surface area contributed by atoms with E-state index < -0.39 is 17.7 Å². The van der Waals surface area contributed by atoms with Gasteiger partial charge in [-0.1, -0.05) is 19.9 Å². The minimum atomic E-state index is -0.689. The number of aliphatic hydroxyl groups is 1. The normalized spacial score (nSPS) is 18.1. The highest BCUT2D eigenvalue weighted by molar-refractivity contribution is 6.46. The number of hydrogen-bond donors (Lipinski definition) is 1. The van der Waals surface area contributed by atoms with E-state index in [0.29, 0.717) is 30.0 Å². The van der Waals surface area contributed by atoms with Gasteiger partial charge in [-0.3, -0.25) is 14.6 Å². The number of aromatic nitrogens is 1. The summed E-state index contributed by atoms with van der Waals surface area (Å²) >= 11 is 0. The molecule has 0 saturated carbocycles. The fourth-order valence-electron chi connectivity index (χ4n) is 3.96. The lowest BCUT2D eigenvalue weighted by atomic mass is 9.94. The summed E-state index contributed by atoms with van der Waals surface area (Å²) < 4.78 is 5.24. The van der Waals surface area contributed by atoms with E-state index in [1.807, 2.05) is 13.0 Å². The van der Waals surface area contributed by atoms with Gasteiger partial charge in [0.2, 0.25) is 0 Å². The topological polar surface area (TPSA) is 83.0 Å².